The number of aliphatic hydroxyl groups is 1. The predicted octanol–water partition coefficient (Wildman–Crippen LogP) is 1.30. The van der Waals surface area contributed by atoms with Crippen molar-refractivity contribution in [3.63, 3.8) is 0 Å². The highest BCUT2D eigenvalue weighted by Crippen LogP contribution is 2.19. The highest BCUT2D eigenvalue weighted by Gasteiger charge is 2.10. The Kier molecular flexibility index (Phi) is 4.86. The third-order valence-corrected chi connectivity index (χ3v) is 3.04. The minimum Gasteiger partial charge on any atom is -0.471 e. The number of hydrogen-bond acceptors (Lipinski definition) is 6. The molecule has 2 N–H and O–H groups in total. The molecular weight excluding hydrogens is 284 g/mol. The number of aromatic amines is 1. The van der Waals surface area contributed by atoms with Crippen LogP contribution in [0.25, 0.3) is 11.2 Å². The first-order valence-corrected chi connectivity index (χ1v) is 6.76. The smallest absolute Gasteiger partial charge is 0.233 e. The third-order valence-electron chi connectivity index (χ3n) is 3.04. The lowest BCUT2D eigenvalue weighted by Crippen LogP contribution is -2.17. The molecule has 0 fully saturated rings. The molecule has 0 saturated heterocycles. The maximum atomic E-state index is 11.2. The second kappa shape index (κ2) is 6.83. The van der Waals surface area contributed by atoms with Crippen molar-refractivity contribution in [3.8, 4) is 11.9 Å². The van der Waals surface area contributed by atoms with Gasteiger partial charge < -0.3 is 14.8 Å². The maximum absolute atomic E-state index is 11.2. The summed E-state index contributed by atoms with van der Waals surface area (Å²) in [4.78, 5) is 22.8. The summed E-state index contributed by atoms with van der Waals surface area (Å²) in [6.45, 7) is 2.96. The first kappa shape index (κ1) is 15.7. The molecule has 0 aliphatic rings. The molecule has 2 rings (SSSR count). The molecule has 2 aromatic heterocycles. The van der Waals surface area contributed by atoms with Gasteiger partial charge in [-0.3, -0.25) is 4.79 Å². The average molecular weight is 300 g/mol. The van der Waals surface area contributed by atoms with Gasteiger partial charge in [-0.2, -0.15) is 5.26 Å². The number of ether oxygens (including phenoxy) is 1. The molecule has 2 aromatic rings. The van der Waals surface area contributed by atoms with Gasteiger partial charge in [0.05, 0.1) is 18.4 Å². The minimum absolute atomic E-state index is 0.114. The first-order valence-electron chi connectivity index (χ1n) is 6.76. The molecule has 22 heavy (non-hydrogen) atoms. The van der Waals surface area contributed by atoms with E-state index in [-0.39, 0.29) is 24.1 Å². The van der Waals surface area contributed by atoms with E-state index in [2.05, 4.69) is 15.0 Å². The van der Waals surface area contributed by atoms with Gasteiger partial charge in [-0.25, -0.2) is 9.97 Å². The number of carbonyl (C=O) groups is 1. The second-order valence-electron chi connectivity index (χ2n) is 4.82. The quantitative estimate of drug-likeness (QED) is 0.614. The topological polar surface area (TPSA) is 112 Å². The van der Waals surface area contributed by atoms with Crippen molar-refractivity contribution in [2.24, 2.45) is 0 Å². The number of carbonyl (C=O) groups excluding carboxylic acids is 1. The fraction of sp³-hybridized carbons (Fsp3) is 0.333. The molecule has 0 aromatic carbocycles. The van der Waals surface area contributed by atoms with E-state index in [4.69, 9.17) is 15.1 Å². The molecule has 7 nitrogen and oxygen atoms in total. The predicted molar refractivity (Wildman–Crippen MR) is 79.1 cm³/mol. The lowest BCUT2D eigenvalue weighted by molar-refractivity contribution is -0.113. The molecule has 0 radical (unpaired) electrons. The molecule has 0 aliphatic heterocycles. The van der Waals surface area contributed by atoms with Crippen molar-refractivity contribution in [2.45, 2.75) is 26.4 Å². The van der Waals surface area contributed by atoms with Crippen LogP contribution in [0.5, 0.6) is 5.88 Å². The summed E-state index contributed by atoms with van der Waals surface area (Å²) in [6.07, 6.45) is 4.78. The molecule has 0 spiro atoms. The van der Waals surface area contributed by atoms with Gasteiger partial charge >= 0.3 is 0 Å². The molecule has 114 valence electrons. The van der Waals surface area contributed by atoms with Crippen molar-refractivity contribution in [1.29, 1.82) is 5.26 Å². The maximum Gasteiger partial charge on any atom is 0.233 e. The van der Waals surface area contributed by atoms with Gasteiger partial charge in [-0.05, 0) is 20.3 Å². The summed E-state index contributed by atoms with van der Waals surface area (Å²) in [5.74, 6) is 0.0418. The number of rotatable bonds is 6. The van der Waals surface area contributed by atoms with E-state index in [1.54, 1.807) is 19.2 Å². The Morgan fingerprint density at radius 3 is 3.05 bits per heavy atom. The summed E-state index contributed by atoms with van der Waals surface area (Å²) in [5, 5.41) is 17.9. The normalized spacial score (nSPS) is 12.9. The van der Waals surface area contributed by atoms with Gasteiger partial charge in [0.15, 0.2) is 11.4 Å². The number of aromatic nitrogens is 3. The van der Waals surface area contributed by atoms with Crippen molar-refractivity contribution in [1.82, 2.24) is 15.0 Å². The summed E-state index contributed by atoms with van der Waals surface area (Å²) < 4.78 is 5.42. The Morgan fingerprint density at radius 1 is 1.64 bits per heavy atom. The Hall–Kier alpha value is -2.72. The highest BCUT2D eigenvalue weighted by atomic mass is 16.5. The van der Waals surface area contributed by atoms with E-state index in [0.717, 1.165) is 5.56 Å². The van der Waals surface area contributed by atoms with Crippen LogP contribution in [0.2, 0.25) is 0 Å². The van der Waals surface area contributed by atoms with Crippen LogP contribution < -0.4 is 4.74 Å². The van der Waals surface area contributed by atoms with E-state index >= 15 is 0 Å². The number of Topliss-reactive ketones (excluding diaryl/α,β-unsaturated/α-hetero) is 1. The van der Waals surface area contributed by atoms with E-state index in [0.29, 0.717) is 23.5 Å². The third kappa shape index (κ3) is 3.48. The van der Waals surface area contributed by atoms with Crippen LogP contribution in [0, 0.1) is 11.3 Å². The molecule has 7 heteroatoms. The zero-order valence-corrected chi connectivity index (χ0v) is 12.3. The van der Waals surface area contributed by atoms with Gasteiger partial charge in [0.1, 0.15) is 17.7 Å². The van der Waals surface area contributed by atoms with E-state index < -0.39 is 0 Å². The number of hydrogen-bond donors (Lipinski definition) is 2. The first-order chi connectivity index (χ1) is 10.5. The molecular formula is C15H16N4O3. The Labute approximate surface area is 127 Å². The van der Waals surface area contributed by atoms with Gasteiger partial charge in [0, 0.05) is 11.8 Å². The van der Waals surface area contributed by atoms with Crippen LogP contribution in [0.1, 0.15) is 19.4 Å². The van der Waals surface area contributed by atoms with Crippen LogP contribution in [-0.2, 0) is 11.2 Å². The molecule has 0 aliphatic carbocycles. The number of nitriles is 1. The molecule has 0 saturated carbocycles. The zero-order chi connectivity index (χ0) is 16.1. The minimum atomic E-state index is -0.378. The standard InChI is InChI=1S/C15H16N4O3/c1-9(8-20)22-13-7-18-15-14(19-13)12(6-17-15)4-3-11(5-16)10(2)21/h3,6-7,9,20H,4,8H2,1-2H3,(H,17,18)/b11-3+. The van der Waals surface area contributed by atoms with Crippen LogP contribution in [0.15, 0.2) is 24.0 Å². The lowest BCUT2D eigenvalue weighted by Gasteiger charge is -2.10. The number of nitrogens with one attached hydrogen (secondary N) is 1. The van der Waals surface area contributed by atoms with Crippen LogP contribution >= 0.6 is 0 Å². The van der Waals surface area contributed by atoms with Crippen molar-refractivity contribution >= 4 is 16.9 Å². The summed E-state index contributed by atoms with van der Waals surface area (Å²) in [6, 6.07) is 1.87. The molecule has 1 unspecified atom stereocenters. The van der Waals surface area contributed by atoms with E-state index in [1.807, 2.05) is 6.07 Å². The van der Waals surface area contributed by atoms with Gasteiger partial charge in [0.2, 0.25) is 5.88 Å². The number of ketones is 1. The summed E-state index contributed by atoms with van der Waals surface area (Å²) in [5.41, 5.74) is 2.12. The number of aliphatic hydroxyl groups excluding tert-OH is 1. The Balaban J connectivity index is 2.29. The molecule has 1 atom stereocenters. The average Bonchev–Trinajstić information content (AvgIpc) is 2.90. The molecule has 0 amide bonds. The number of fused-ring (bicyclic) bond motifs is 1. The van der Waals surface area contributed by atoms with Gasteiger partial charge in [-0.15, -0.1) is 0 Å². The second-order valence-corrected chi connectivity index (χ2v) is 4.82. The largest absolute Gasteiger partial charge is 0.471 e. The Bertz CT molecular complexity index is 758. The fourth-order valence-electron chi connectivity index (χ4n) is 1.86. The number of H-pyrrole nitrogens is 1. The van der Waals surface area contributed by atoms with Crippen molar-refractivity contribution in [2.75, 3.05) is 6.61 Å². The van der Waals surface area contributed by atoms with Crippen molar-refractivity contribution in [3.05, 3.63) is 29.6 Å². The van der Waals surface area contributed by atoms with Gasteiger partial charge in [0.25, 0.3) is 0 Å². The van der Waals surface area contributed by atoms with Crippen LogP contribution in [0.4, 0.5) is 0 Å². The zero-order valence-electron chi connectivity index (χ0n) is 12.3. The van der Waals surface area contributed by atoms with E-state index in [9.17, 15) is 4.79 Å². The van der Waals surface area contributed by atoms with Crippen LogP contribution in [-0.4, -0.2) is 38.6 Å². The Morgan fingerprint density at radius 2 is 2.41 bits per heavy atom. The lowest BCUT2D eigenvalue weighted by atomic mass is 10.1. The monoisotopic (exact) mass is 300 g/mol. The SMILES string of the molecule is CC(=O)/C(C#N)=C/Cc1c[nH]c2ncc(OC(C)CO)nc12. The summed E-state index contributed by atoms with van der Waals surface area (Å²) in [7, 11) is 0. The van der Waals surface area contributed by atoms with Crippen molar-refractivity contribution < 1.29 is 14.6 Å². The highest BCUT2D eigenvalue weighted by molar-refractivity contribution is 5.97. The summed E-state index contributed by atoms with van der Waals surface area (Å²) >= 11 is 0. The van der Waals surface area contributed by atoms with Crippen LogP contribution in [0.3, 0.4) is 0 Å². The fourth-order valence-corrected chi connectivity index (χ4v) is 1.86. The van der Waals surface area contributed by atoms with E-state index in [1.165, 1.54) is 13.1 Å². The number of nitrogens with zero attached hydrogens (tertiary/aromatic N) is 3. The molecule has 0 bridgehead atoms. The molecule has 2 heterocycles. The number of allylic oxidation sites excluding steroid dienone is 2. The van der Waals surface area contributed by atoms with Gasteiger partial charge in [-0.1, -0.05) is 6.08 Å².